The van der Waals surface area contributed by atoms with Gasteiger partial charge in [-0.1, -0.05) is 13.8 Å². The van der Waals surface area contributed by atoms with Gasteiger partial charge in [-0.25, -0.2) is 0 Å². The third kappa shape index (κ3) is 4.09. The van der Waals surface area contributed by atoms with Gasteiger partial charge in [0.2, 0.25) is 0 Å². The number of nitrogens with zero attached hydrogens (tertiary/aromatic N) is 2. The SMILES string of the molecule is CC(C)C(CN)N(C)CCN1CCCC1. The molecule has 0 aromatic rings. The van der Waals surface area contributed by atoms with Crippen molar-refractivity contribution < 1.29 is 0 Å². The fourth-order valence-electron chi connectivity index (χ4n) is 2.43. The summed E-state index contributed by atoms with van der Waals surface area (Å²) >= 11 is 0. The number of hydrogen-bond donors (Lipinski definition) is 1. The lowest BCUT2D eigenvalue weighted by Gasteiger charge is -2.31. The maximum Gasteiger partial charge on any atom is 0.0238 e. The Morgan fingerprint density at radius 2 is 1.87 bits per heavy atom. The van der Waals surface area contributed by atoms with Crippen molar-refractivity contribution in [2.45, 2.75) is 32.7 Å². The Hall–Kier alpha value is -0.120. The molecule has 1 unspecified atom stereocenters. The molecule has 0 radical (unpaired) electrons. The second-order valence-corrected chi connectivity index (χ2v) is 5.08. The van der Waals surface area contributed by atoms with E-state index in [0.29, 0.717) is 12.0 Å². The Labute approximate surface area is 94.6 Å². The summed E-state index contributed by atoms with van der Waals surface area (Å²) in [4.78, 5) is 4.98. The third-order valence-corrected chi connectivity index (χ3v) is 3.54. The second kappa shape index (κ2) is 6.46. The molecular formula is C12H27N3. The van der Waals surface area contributed by atoms with Gasteiger partial charge in [0, 0.05) is 25.7 Å². The largest absolute Gasteiger partial charge is 0.329 e. The van der Waals surface area contributed by atoms with Gasteiger partial charge in [0.25, 0.3) is 0 Å². The molecule has 3 nitrogen and oxygen atoms in total. The van der Waals surface area contributed by atoms with E-state index >= 15 is 0 Å². The summed E-state index contributed by atoms with van der Waals surface area (Å²) in [5.41, 5.74) is 5.80. The van der Waals surface area contributed by atoms with E-state index in [9.17, 15) is 0 Å². The molecule has 1 heterocycles. The van der Waals surface area contributed by atoms with Crippen molar-refractivity contribution in [2.24, 2.45) is 11.7 Å². The van der Waals surface area contributed by atoms with Crippen molar-refractivity contribution in [1.29, 1.82) is 0 Å². The molecule has 0 bridgehead atoms. The summed E-state index contributed by atoms with van der Waals surface area (Å²) in [6.45, 7) is 10.2. The lowest BCUT2D eigenvalue weighted by molar-refractivity contribution is 0.173. The van der Waals surface area contributed by atoms with E-state index in [4.69, 9.17) is 5.73 Å². The van der Waals surface area contributed by atoms with E-state index in [0.717, 1.165) is 13.1 Å². The monoisotopic (exact) mass is 213 g/mol. The van der Waals surface area contributed by atoms with Crippen molar-refractivity contribution in [3.05, 3.63) is 0 Å². The number of hydrogen-bond acceptors (Lipinski definition) is 3. The van der Waals surface area contributed by atoms with Crippen LogP contribution < -0.4 is 5.73 Å². The average molecular weight is 213 g/mol. The van der Waals surface area contributed by atoms with Gasteiger partial charge in [0.1, 0.15) is 0 Å². The zero-order chi connectivity index (χ0) is 11.3. The van der Waals surface area contributed by atoms with Gasteiger partial charge in [-0.2, -0.15) is 0 Å². The highest BCUT2D eigenvalue weighted by atomic mass is 15.2. The first-order chi connectivity index (χ1) is 7.15. The van der Waals surface area contributed by atoms with Crippen LogP contribution in [0.2, 0.25) is 0 Å². The smallest absolute Gasteiger partial charge is 0.0238 e. The lowest BCUT2D eigenvalue weighted by Crippen LogP contribution is -2.44. The first-order valence-electron chi connectivity index (χ1n) is 6.27. The number of likely N-dealkylation sites (N-methyl/N-ethyl adjacent to an activating group) is 1. The van der Waals surface area contributed by atoms with Crippen LogP contribution in [0.4, 0.5) is 0 Å². The molecule has 1 fully saturated rings. The van der Waals surface area contributed by atoms with Crippen molar-refractivity contribution in [3.8, 4) is 0 Å². The molecule has 2 N–H and O–H groups in total. The van der Waals surface area contributed by atoms with Crippen LogP contribution in [0, 0.1) is 5.92 Å². The topological polar surface area (TPSA) is 32.5 Å². The molecule has 1 aliphatic rings. The number of likely N-dealkylation sites (tertiary alicyclic amines) is 1. The van der Waals surface area contributed by atoms with Gasteiger partial charge < -0.3 is 15.5 Å². The summed E-state index contributed by atoms with van der Waals surface area (Å²) in [5, 5.41) is 0. The van der Waals surface area contributed by atoms with Crippen LogP contribution in [0.25, 0.3) is 0 Å². The van der Waals surface area contributed by atoms with Crippen molar-refractivity contribution in [3.63, 3.8) is 0 Å². The Balaban J connectivity index is 2.23. The highest BCUT2D eigenvalue weighted by molar-refractivity contribution is 4.75. The standard InChI is InChI=1S/C12H27N3/c1-11(2)12(10-13)14(3)8-9-15-6-4-5-7-15/h11-12H,4-10,13H2,1-3H3. The van der Waals surface area contributed by atoms with E-state index in [2.05, 4.69) is 30.7 Å². The maximum atomic E-state index is 5.80. The predicted molar refractivity (Wildman–Crippen MR) is 66.0 cm³/mol. The Morgan fingerprint density at radius 1 is 1.27 bits per heavy atom. The summed E-state index contributed by atoms with van der Waals surface area (Å²) in [6.07, 6.45) is 2.77. The molecule has 0 saturated carbocycles. The van der Waals surface area contributed by atoms with Crippen LogP contribution in [-0.2, 0) is 0 Å². The minimum atomic E-state index is 0.535. The normalized spacial score (nSPS) is 20.4. The first-order valence-corrected chi connectivity index (χ1v) is 6.27. The van der Waals surface area contributed by atoms with E-state index < -0.39 is 0 Å². The first kappa shape index (κ1) is 12.9. The summed E-state index contributed by atoms with van der Waals surface area (Å²) < 4.78 is 0. The Morgan fingerprint density at radius 3 is 2.33 bits per heavy atom. The maximum absolute atomic E-state index is 5.80. The van der Waals surface area contributed by atoms with Crippen LogP contribution in [0.15, 0.2) is 0 Å². The minimum absolute atomic E-state index is 0.535. The van der Waals surface area contributed by atoms with Gasteiger partial charge in [-0.05, 0) is 38.9 Å². The number of nitrogens with two attached hydrogens (primary N) is 1. The minimum Gasteiger partial charge on any atom is -0.329 e. The summed E-state index contributed by atoms with van der Waals surface area (Å²) in [5.74, 6) is 0.651. The quantitative estimate of drug-likeness (QED) is 0.714. The Kier molecular flexibility index (Phi) is 5.58. The molecule has 1 rings (SSSR count). The van der Waals surface area contributed by atoms with Crippen LogP contribution in [0.1, 0.15) is 26.7 Å². The average Bonchev–Trinajstić information content (AvgIpc) is 2.67. The van der Waals surface area contributed by atoms with Gasteiger partial charge >= 0.3 is 0 Å². The van der Waals surface area contributed by atoms with E-state index in [1.165, 1.54) is 32.5 Å². The lowest BCUT2D eigenvalue weighted by atomic mass is 10.0. The van der Waals surface area contributed by atoms with Crippen molar-refractivity contribution >= 4 is 0 Å². The molecule has 3 heteroatoms. The van der Waals surface area contributed by atoms with Gasteiger partial charge in [0.05, 0.1) is 0 Å². The van der Waals surface area contributed by atoms with E-state index in [1.807, 2.05) is 0 Å². The molecule has 1 atom stereocenters. The molecular weight excluding hydrogens is 186 g/mol. The van der Waals surface area contributed by atoms with Crippen molar-refractivity contribution in [2.75, 3.05) is 39.8 Å². The molecule has 90 valence electrons. The summed E-state index contributed by atoms with van der Waals surface area (Å²) in [7, 11) is 2.20. The highest BCUT2D eigenvalue weighted by Crippen LogP contribution is 2.10. The van der Waals surface area contributed by atoms with Crippen LogP contribution in [0.3, 0.4) is 0 Å². The van der Waals surface area contributed by atoms with Crippen molar-refractivity contribution in [1.82, 2.24) is 9.80 Å². The zero-order valence-corrected chi connectivity index (χ0v) is 10.6. The highest BCUT2D eigenvalue weighted by Gasteiger charge is 2.18. The second-order valence-electron chi connectivity index (χ2n) is 5.08. The zero-order valence-electron chi connectivity index (χ0n) is 10.6. The molecule has 15 heavy (non-hydrogen) atoms. The molecule has 0 aromatic heterocycles. The Bertz CT molecular complexity index is 164. The summed E-state index contributed by atoms with van der Waals surface area (Å²) in [6, 6.07) is 0.535. The van der Waals surface area contributed by atoms with Gasteiger partial charge in [-0.15, -0.1) is 0 Å². The molecule has 0 aliphatic carbocycles. The predicted octanol–water partition coefficient (Wildman–Crippen LogP) is 0.997. The molecule has 0 amide bonds. The van der Waals surface area contributed by atoms with Crippen LogP contribution in [-0.4, -0.2) is 55.6 Å². The van der Waals surface area contributed by atoms with Crippen LogP contribution in [0.5, 0.6) is 0 Å². The fourth-order valence-corrected chi connectivity index (χ4v) is 2.43. The van der Waals surface area contributed by atoms with E-state index in [-0.39, 0.29) is 0 Å². The van der Waals surface area contributed by atoms with Gasteiger partial charge in [-0.3, -0.25) is 0 Å². The van der Waals surface area contributed by atoms with E-state index in [1.54, 1.807) is 0 Å². The van der Waals surface area contributed by atoms with Crippen LogP contribution >= 0.6 is 0 Å². The molecule has 1 saturated heterocycles. The van der Waals surface area contributed by atoms with Gasteiger partial charge in [0.15, 0.2) is 0 Å². The molecule has 0 spiro atoms. The molecule has 0 aromatic carbocycles. The third-order valence-electron chi connectivity index (χ3n) is 3.54. The fraction of sp³-hybridized carbons (Fsp3) is 1.00. The number of rotatable bonds is 6. The molecule has 1 aliphatic heterocycles.